The fourth-order valence-corrected chi connectivity index (χ4v) is 7.35. The number of thioether (sulfide) groups is 4. The molecule has 122 valence electrons. The van der Waals surface area contributed by atoms with E-state index >= 15 is 0 Å². The second kappa shape index (κ2) is 16.8. The first-order chi connectivity index (χ1) is 9.79. The lowest BCUT2D eigenvalue weighted by molar-refractivity contribution is 0.932. The molecule has 2 unspecified atom stereocenters. The SMILES string of the molecule is CCCSCC(SCCC)C(CSCCC)SCCC. The van der Waals surface area contributed by atoms with Gasteiger partial charge >= 0.3 is 0 Å². The van der Waals surface area contributed by atoms with Crippen molar-refractivity contribution in [3.05, 3.63) is 0 Å². The van der Waals surface area contributed by atoms with Gasteiger partial charge in [-0.3, -0.25) is 0 Å². The summed E-state index contributed by atoms with van der Waals surface area (Å²) in [6.07, 6.45) is 5.25. The summed E-state index contributed by atoms with van der Waals surface area (Å²) >= 11 is 8.81. The van der Waals surface area contributed by atoms with Crippen molar-refractivity contribution in [1.29, 1.82) is 0 Å². The van der Waals surface area contributed by atoms with Gasteiger partial charge < -0.3 is 0 Å². The van der Waals surface area contributed by atoms with E-state index in [1.807, 2.05) is 0 Å². The van der Waals surface area contributed by atoms with Crippen molar-refractivity contribution in [2.45, 2.75) is 63.9 Å². The summed E-state index contributed by atoms with van der Waals surface area (Å²) in [7, 11) is 0. The van der Waals surface area contributed by atoms with E-state index in [1.54, 1.807) is 0 Å². The summed E-state index contributed by atoms with van der Waals surface area (Å²) in [6, 6.07) is 0. The molecule has 0 spiro atoms. The molecule has 0 N–H and O–H groups in total. The predicted molar refractivity (Wildman–Crippen MR) is 108 cm³/mol. The van der Waals surface area contributed by atoms with Crippen LogP contribution in [0.3, 0.4) is 0 Å². The van der Waals surface area contributed by atoms with Gasteiger partial charge in [0.15, 0.2) is 0 Å². The zero-order chi connectivity index (χ0) is 15.1. The van der Waals surface area contributed by atoms with Gasteiger partial charge in [-0.2, -0.15) is 47.0 Å². The van der Waals surface area contributed by atoms with Gasteiger partial charge in [-0.15, -0.1) is 0 Å². The fourth-order valence-electron chi connectivity index (χ4n) is 1.75. The highest BCUT2D eigenvalue weighted by atomic mass is 32.2. The van der Waals surface area contributed by atoms with Crippen LogP contribution in [-0.2, 0) is 0 Å². The quantitative estimate of drug-likeness (QED) is 0.316. The number of hydrogen-bond acceptors (Lipinski definition) is 4. The van der Waals surface area contributed by atoms with Crippen molar-refractivity contribution in [2.75, 3.05) is 34.5 Å². The smallest absolute Gasteiger partial charge is 0.0265 e. The van der Waals surface area contributed by atoms with Crippen molar-refractivity contribution >= 4 is 47.0 Å². The minimum atomic E-state index is 0.854. The minimum absolute atomic E-state index is 0.854. The molecule has 20 heavy (non-hydrogen) atoms. The van der Waals surface area contributed by atoms with Crippen LogP contribution in [0.2, 0.25) is 0 Å². The van der Waals surface area contributed by atoms with Gasteiger partial charge in [-0.05, 0) is 48.7 Å². The summed E-state index contributed by atoms with van der Waals surface area (Å²) in [6.45, 7) is 9.20. The highest BCUT2D eigenvalue weighted by molar-refractivity contribution is 8.06. The van der Waals surface area contributed by atoms with Crippen LogP contribution in [-0.4, -0.2) is 45.0 Å². The molecule has 0 saturated heterocycles. The summed E-state index contributed by atoms with van der Waals surface area (Å²) < 4.78 is 0. The highest BCUT2D eigenvalue weighted by Gasteiger charge is 2.22. The molecule has 0 aliphatic heterocycles. The predicted octanol–water partition coefficient (Wildman–Crippen LogP) is 6.30. The Bertz CT molecular complexity index is 167. The third-order valence-electron chi connectivity index (χ3n) is 2.75. The van der Waals surface area contributed by atoms with E-state index in [0.717, 1.165) is 10.5 Å². The first-order valence-electron chi connectivity index (χ1n) is 8.18. The molecule has 2 atom stereocenters. The van der Waals surface area contributed by atoms with Crippen molar-refractivity contribution in [3.63, 3.8) is 0 Å². The van der Waals surface area contributed by atoms with Gasteiger partial charge in [0.25, 0.3) is 0 Å². The molecule has 0 aromatic heterocycles. The van der Waals surface area contributed by atoms with Gasteiger partial charge in [-0.1, -0.05) is 27.7 Å². The van der Waals surface area contributed by atoms with Crippen molar-refractivity contribution in [2.24, 2.45) is 0 Å². The Morgan fingerprint density at radius 1 is 0.550 bits per heavy atom. The van der Waals surface area contributed by atoms with E-state index < -0.39 is 0 Å². The van der Waals surface area contributed by atoms with E-state index in [2.05, 4.69) is 74.7 Å². The molecule has 0 nitrogen and oxygen atoms in total. The van der Waals surface area contributed by atoms with Crippen LogP contribution < -0.4 is 0 Å². The Morgan fingerprint density at radius 3 is 1.20 bits per heavy atom. The Labute approximate surface area is 145 Å². The number of rotatable bonds is 15. The van der Waals surface area contributed by atoms with Gasteiger partial charge in [-0.25, -0.2) is 0 Å². The molecule has 0 aliphatic rings. The van der Waals surface area contributed by atoms with Gasteiger partial charge in [0.1, 0.15) is 0 Å². The van der Waals surface area contributed by atoms with Gasteiger partial charge in [0.05, 0.1) is 0 Å². The molecule has 0 saturated carbocycles. The van der Waals surface area contributed by atoms with Gasteiger partial charge in [0, 0.05) is 22.0 Å². The van der Waals surface area contributed by atoms with Crippen LogP contribution >= 0.6 is 47.0 Å². The van der Waals surface area contributed by atoms with Crippen molar-refractivity contribution < 1.29 is 0 Å². The van der Waals surface area contributed by atoms with Crippen LogP contribution in [0.5, 0.6) is 0 Å². The van der Waals surface area contributed by atoms with Crippen LogP contribution in [0, 0.1) is 0 Å². The maximum absolute atomic E-state index is 2.31. The molecule has 0 aromatic rings. The maximum Gasteiger partial charge on any atom is 0.0265 e. The van der Waals surface area contributed by atoms with Gasteiger partial charge in [0.2, 0.25) is 0 Å². The zero-order valence-electron chi connectivity index (χ0n) is 13.9. The average molecular weight is 355 g/mol. The third-order valence-corrected chi connectivity index (χ3v) is 9.06. The van der Waals surface area contributed by atoms with Crippen molar-refractivity contribution in [3.8, 4) is 0 Å². The molecule has 0 fully saturated rings. The lowest BCUT2D eigenvalue weighted by atomic mass is 10.3. The lowest BCUT2D eigenvalue weighted by Gasteiger charge is -2.26. The molecule has 0 radical (unpaired) electrons. The molecule has 4 heteroatoms. The van der Waals surface area contributed by atoms with E-state index in [4.69, 9.17) is 0 Å². The molecular weight excluding hydrogens is 320 g/mol. The lowest BCUT2D eigenvalue weighted by Crippen LogP contribution is -2.26. The molecule has 0 aromatic carbocycles. The standard InChI is InChI=1S/C16H34S4/c1-5-9-17-13-15(19-11-7-3)16(20-12-8-4)14-18-10-6-2/h15-16H,5-14H2,1-4H3. The molecule has 0 bridgehead atoms. The Kier molecular flexibility index (Phi) is 17.9. The minimum Gasteiger partial charge on any atom is -0.161 e. The summed E-state index contributed by atoms with van der Waals surface area (Å²) in [5.41, 5.74) is 0. The van der Waals surface area contributed by atoms with Crippen molar-refractivity contribution in [1.82, 2.24) is 0 Å². The van der Waals surface area contributed by atoms with Crippen LogP contribution in [0.4, 0.5) is 0 Å². The first kappa shape index (κ1) is 21.4. The van der Waals surface area contributed by atoms with Crippen LogP contribution in [0.15, 0.2) is 0 Å². The molecule has 0 aliphatic carbocycles. The summed E-state index contributed by atoms with van der Waals surface area (Å²) in [5, 5.41) is 1.71. The number of hydrogen-bond donors (Lipinski definition) is 0. The molecular formula is C16H34S4. The molecule has 0 heterocycles. The fraction of sp³-hybridized carbons (Fsp3) is 1.00. The average Bonchev–Trinajstić information content (AvgIpc) is 2.47. The van der Waals surface area contributed by atoms with Crippen LogP contribution in [0.25, 0.3) is 0 Å². The highest BCUT2D eigenvalue weighted by Crippen LogP contribution is 2.31. The second-order valence-electron chi connectivity index (χ2n) is 4.97. The van der Waals surface area contributed by atoms with Crippen LogP contribution in [0.1, 0.15) is 53.4 Å². The maximum atomic E-state index is 2.31. The topological polar surface area (TPSA) is 0 Å². The van der Waals surface area contributed by atoms with E-state index in [9.17, 15) is 0 Å². The van der Waals surface area contributed by atoms with E-state index in [1.165, 1.54) is 60.2 Å². The Hall–Kier alpha value is 1.40. The summed E-state index contributed by atoms with van der Waals surface area (Å²) in [4.78, 5) is 0. The first-order valence-corrected chi connectivity index (χ1v) is 12.6. The van der Waals surface area contributed by atoms with E-state index in [0.29, 0.717) is 0 Å². The zero-order valence-corrected chi connectivity index (χ0v) is 17.1. The molecule has 0 amide bonds. The monoisotopic (exact) mass is 354 g/mol. The Balaban J connectivity index is 4.32. The Morgan fingerprint density at radius 2 is 0.900 bits per heavy atom. The largest absolute Gasteiger partial charge is 0.161 e. The van der Waals surface area contributed by atoms with E-state index in [-0.39, 0.29) is 0 Å². The normalized spacial score (nSPS) is 14.4. The summed E-state index contributed by atoms with van der Waals surface area (Å²) in [5.74, 6) is 8.03. The molecule has 0 rings (SSSR count). The second-order valence-corrected chi connectivity index (χ2v) is 9.96. The third kappa shape index (κ3) is 12.0.